The van der Waals surface area contributed by atoms with Gasteiger partial charge in [-0.3, -0.25) is 19.9 Å². The van der Waals surface area contributed by atoms with E-state index in [0.29, 0.717) is 0 Å². The summed E-state index contributed by atoms with van der Waals surface area (Å²) in [5.74, 6) is -3.77. The third-order valence-electron chi connectivity index (χ3n) is 4.98. The highest BCUT2D eigenvalue weighted by atomic mass is 16.4. The molecule has 0 aliphatic rings. The Kier molecular flexibility index (Phi) is 20.0. The van der Waals surface area contributed by atoms with Crippen LogP contribution in [0, 0.1) is 5.41 Å². The van der Waals surface area contributed by atoms with Crippen LogP contribution in [0.4, 0.5) is 0 Å². The van der Waals surface area contributed by atoms with Gasteiger partial charge in [0, 0.05) is 49.6 Å². The molecule has 0 saturated carbocycles. The maximum absolute atomic E-state index is 10.2. The second-order valence-corrected chi connectivity index (χ2v) is 8.32. The van der Waals surface area contributed by atoms with Gasteiger partial charge in [-0.1, -0.05) is 0 Å². The standard InChI is InChI=1S/4C6H5NO2.C5H12O4/c4*8-6(9)5-2-1-3-7-4-5;6-1-5(2-7,3-8)4-9/h4*1-4H,(H,8,9);6-9H,1-4H2. The van der Waals surface area contributed by atoms with Crippen LogP contribution < -0.4 is 0 Å². The highest BCUT2D eigenvalue weighted by molar-refractivity contribution is 5.88. The molecule has 0 fully saturated rings. The molecule has 0 aliphatic carbocycles. The first-order valence-electron chi connectivity index (χ1n) is 12.4. The molecule has 4 heterocycles. The monoisotopic (exact) mass is 628 g/mol. The number of aromatic nitrogens is 4. The fraction of sp³-hybridized carbons (Fsp3) is 0.172. The predicted molar refractivity (Wildman–Crippen MR) is 156 cm³/mol. The molecule has 0 amide bonds. The van der Waals surface area contributed by atoms with Gasteiger partial charge in [-0.2, -0.15) is 0 Å². The van der Waals surface area contributed by atoms with E-state index in [1.165, 1.54) is 73.8 Å². The van der Waals surface area contributed by atoms with Crippen LogP contribution >= 0.6 is 0 Å². The third kappa shape index (κ3) is 17.1. The van der Waals surface area contributed by atoms with E-state index in [2.05, 4.69) is 19.9 Å². The molecule has 45 heavy (non-hydrogen) atoms. The second kappa shape index (κ2) is 22.9. The number of carbonyl (C=O) groups is 4. The van der Waals surface area contributed by atoms with E-state index in [0.717, 1.165) is 0 Å². The SMILES string of the molecule is O=C(O)c1cccnc1.O=C(O)c1cccnc1.O=C(O)c1cccnc1.O=C(O)c1cccnc1.OCC(CO)(CO)CO. The Balaban J connectivity index is 0.000000538. The minimum atomic E-state index is -1.11. The summed E-state index contributed by atoms with van der Waals surface area (Å²) in [5, 5.41) is 67.4. The molecule has 16 nitrogen and oxygen atoms in total. The highest BCUT2D eigenvalue weighted by Gasteiger charge is 2.26. The summed E-state index contributed by atoms with van der Waals surface area (Å²) >= 11 is 0. The van der Waals surface area contributed by atoms with Crippen molar-refractivity contribution in [2.45, 2.75) is 0 Å². The molecule has 0 aromatic carbocycles. The molecule has 8 N–H and O–H groups in total. The summed E-state index contributed by atoms with van der Waals surface area (Å²) in [4.78, 5) is 55.1. The van der Waals surface area contributed by atoms with Crippen molar-refractivity contribution in [3.63, 3.8) is 0 Å². The molecule has 0 aliphatic heterocycles. The van der Waals surface area contributed by atoms with E-state index in [1.807, 2.05) is 0 Å². The maximum Gasteiger partial charge on any atom is 0.337 e. The number of carboxylic acids is 4. The molecule has 0 unspecified atom stereocenters. The van der Waals surface area contributed by atoms with Gasteiger partial charge >= 0.3 is 23.9 Å². The van der Waals surface area contributed by atoms with Crippen molar-refractivity contribution < 1.29 is 60.0 Å². The Bertz CT molecular complexity index is 1180. The Hall–Kier alpha value is -5.68. The van der Waals surface area contributed by atoms with Crippen molar-refractivity contribution in [2.75, 3.05) is 26.4 Å². The van der Waals surface area contributed by atoms with Gasteiger partial charge in [0.15, 0.2) is 0 Å². The number of rotatable bonds is 8. The molecular formula is C29H32N4O12. The lowest BCUT2D eigenvalue weighted by molar-refractivity contribution is -0.0328. The van der Waals surface area contributed by atoms with Crippen molar-refractivity contribution >= 4 is 23.9 Å². The number of pyridine rings is 4. The van der Waals surface area contributed by atoms with Crippen molar-refractivity contribution in [1.82, 2.24) is 19.9 Å². The van der Waals surface area contributed by atoms with Crippen LogP contribution in [0.3, 0.4) is 0 Å². The van der Waals surface area contributed by atoms with Gasteiger partial charge in [-0.15, -0.1) is 0 Å². The molecule has 4 rings (SSSR count). The second-order valence-electron chi connectivity index (χ2n) is 8.32. The lowest BCUT2D eigenvalue weighted by Gasteiger charge is -2.23. The first kappa shape index (κ1) is 39.3. The Morgan fingerprint density at radius 3 is 0.711 bits per heavy atom. The minimum Gasteiger partial charge on any atom is -0.478 e. The summed E-state index contributed by atoms with van der Waals surface area (Å²) in [6, 6.07) is 12.3. The van der Waals surface area contributed by atoms with Crippen LogP contribution in [-0.4, -0.2) is 111 Å². The molecule has 240 valence electrons. The van der Waals surface area contributed by atoms with Crippen molar-refractivity contribution in [3.05, 3.63) is 120 Å². The summed E-state index contributed by atoms with van der Waals surface area (Å²) in [6.07, 6.45) is 11.4. The Labute approximate surface area is 256 Å². The molecule has 0 radical (unpaired) electrons. The molecule has 0 atom stereocenters. The smallest absolute Gasteiger partial charge is 0.337 e. The van der Waals surface area contributed by atoms with Gasteiger partial charge in [0.05, 0.1) is 54.1 Å². The Morgan fingerprint density at radius 1 is 0.444 bits per heavy atom. The van der Waals surface area contributed by atoms with Gasteiger partial charge in [0.25, 0.3) is 0 Å². The van der Waals surface area contributed by atoms with Crippen molar-refractivity contribution in [1.29, 1.82) is 0 Å². The molecule has 0 bridgehead atoms. The third-order valence-corrected chi connectivity index (χ3v) is 4.98. The summed E-state index contributed by atoms with van der Waals surface area (Å²) in [7, 11) is 0. The van der Waals surface area contributed by atoms with E-state index < -0.39 is 55.7 Å². The summed E-state index contributed by atoms with van der Waals surface area (Å²) < 4.78 is 0. The number of hydrogen-bond donors (Lipinski definition) is 8. The highest BCUT2D eigenvalue weighted by Crippen LogP contribution is 2.11. The first-order chi connectivity index (χ1) is 21.5. The first-order valence-corrected chi connectivity index (χ1v) is 12.4. The molecule has 4 aromatic rings. The fourth-order valence-electron chi connectivity index (χ4n) is 2.26. The van der Waals surface area contributed by atoms with Gasteiger partial charge < -0.3 is 40.9 Å². The van der Waals surface area contributed by atoms with Crippen LogP contribution in [0.2, 0.25) is 0 Å². The van der Waals surface area contributed by atoms with Crippen LogP contribution in [0.15, 0.2) is 98.1 Å². The Morgan fingerprint density at radius 2 is 0.644 bits per heavy atom. The molecule has 4 aromatic heterocycles. The van der Waals surface area contributed by atoms with Gasteiger partial charge in [-0.25, -0.2) is 19.2 Å². The van der Waals surface area contributed by atoms with Crippen LogP contribution in [0.25, 0.3) is 0 Å². The van der Waals surface area contributed by atoms with E-state index in [4.69, 9.17) is 40.9 Å². The van der Waals surface area contributed by atoms with Crippen LogP contribution in [-0.2, 0) is 0 Å². The topological polar surface area (TPSA) is 282 Å². The molecule has 0 saturated heterocycles. The van der Waals surface area contributed by atoms with Gasteiger partial charge in [0.2, 0.25) is 0 Å². The van der Waals surface area contributed by atoms with Gasteiger partial charge in [-0.05, 0) is 48.5 Å². The van der Waals surface area contributed by atoms with E-state index >= 15 is 0 Å². The quantitative estimate of drug-likeness (QED) is 0.135. The van der Waals surface area contributed by atoms with Crippen molar-refractivity contribution in [2.24, 2.45) is 5.41 Å². The summed E-state index contributed by atoms with van der Waals surface area (Å²) in [5.41, 5.74) is -0.231. The lowest BCUT2D eigenvalue weighted by atomic mass is 9.93. The lowest BCUT2D eigenvalue weighted by Crippen LogP contribution is -2.37. The number of aromatic carboxylic acids is 4. The zero-order valence-electron chi connectivity index (χ0n) is 23.6. The number of nitrogens with zero attached hydrogens (tertiary/aromatic N) is 4. The van der Waals surface area contributed by atoms with E-state index in [9.17, 15) is 19.2 Å². The molecule has 0 spiro atoms. The molecular weight excluding hydrogens is 596 g/mol. The average Bonchev–Trinajstić information content (AvgIpc) is 3.09. The number of hydrogen-bond acceptors (Lipinski definition) is 12. The van der Waals surface area contributed by atoms with E-state index in [1.54, 1.807) is 24.3 Å². The molecule has 16 heteroatoms. The van der Waals surface area contributed by atoms with E-state index in [-0.39, 0.29) is 22.3 Å². The average molecular weight is 629 g/mol. The van der Waals surface area contributed by atoms with Crippen molar-refractivity contribution in [3.8, 4) is 0 Å². The van der Waals surface area contributed by atoms with Crippen LogP contribution in [0.5, 0.6) is 0 Å². The number of aliphatic hydroxyl groups is 4. The zero-order chi connectivity index (χ0) is 34.1. The predicted octanol–water partition coefficient (Wildman–Crippen LogP) is 1.06. The zero-order valence-corrected chi connectivity index (χ0v) is 23.6. The normalized spacial score (nSPS) is 9.51. The largest absolute Gasteiger partial charge is 0.478 e. The van der Waals surface area contributed by atoms with Gasteiger partial charge in [0.1, 0.15) is 0 Å². The van der Waals surface area contributed by atoms with Crippen LogP contribution in [0.1, 0.15) is 41.4 Å². The number of aliphatic hydroxyl groups excluding tert-OH is 4. The summed E-state index contributed by atoms with van der Waals surface area (Å²) in [6.45, 7) is -1.62. The maximum atomic E-state index is 10.2. The fourth-order valence-corrected chi connectivity index (χ4v) is 2.26. The number of carboxylic acid groups (broad SMARTS) is 4. The minimum absolute atomic E-state index is 0.220.